The topological polar surface area (TPSA) is 76.0 Å². The second-order valence-electron chi connectivity index (χ2n) is 6.49. The summed E-state index contributed by atoms with van der Waals surface area (Å²) in [6.45, 7) is 2.07. The minimum Gasteiger partial charge on any atom is -0.347 e. The van der Waals surface area contributed by atoms with Gasteiger partial charge in [-0.3, -0.25) is 9.59 Å². The predicted molar refractivity (Wildman–Crippen MR) is 109 cm³/mol. The van der Waals surface area contributed by atoms with Crippen LogP contribution >= 0.6 is 0 Å². The third-order valence-electron chi connectivity index (χ3n) is 4.44. The highest BCUT2D eigenvalue weighted by Gasteiger charge is 2.07. The lowest BCUT2D eigenvalue weighted by Gasteiger charge is -2.08. The maximum atomic E-state index is 12.0. The number of nitrogens with zero attached hydrogens (tertiary/aromatic N) is 2. The quantitative estimate of drug-likeness (QED) is 0.634. The van der Waals surface area contributed by atoms with Crippen LogP contribution in [0.5, 0.6) is 0 Å². The Morgan fingerprint density at radius 2 is 1.68 bits per heavy atom. The van der Waals surface area contributed by atoms with Gasteiger partial charge in [-0.05, 0) is 54.3 Å². The average Bonchev–Trinajstić information content (AvgIpc) is 3.26. The van der Waals surface area contributed by atoms with Gasteiger partial charge in [0, 0.05) is 24.5 Å². The molecule has 2 N–H and O–H groups in total. The fourth-order valence-electron chi connectivity index (χ4n) is 2.79. The lowest BCUT2D eigenvalue weighted by molar-refractivity contribution is -0.124. The SMILES string of the molecule is CCc1ccc(CCC(=O)NCC(=O)Nc2ccc(-n3cccn3)cc2)cc1. The van der Waals surface area contributed by atoms with Crippen LogP contribution < -0.4 is 10.6 Å². The van der Waals surface area contributed by atoms with Crippen LogP contribution in [0.25, 0.3) is 5.69 Å². The van der Waals surface area contributed by atoms with Crippen LogP contribution in [-0.4, -0.2) is 28.1 Å². The van der Waals surface area contributed by atoms with E-state index in [1.54, 1.807) is 23.0 Å². The summed E-state index contributed by atoms with van der Waals surface area (Å²) >= 11 is 0. The van der Waals surface area contributed by atoms with E-state index in [0.29, 0.717) is 18.5 Å². The summed E-state index contributed by atoms with van der Waals surface area (Å²) in [6.07, 6.45) is 5.57. The Kier molecular flexibility index (Phi) is 6.57. The predicted octanol–water partition coefficient (Wildman–Crippen LogP) is 3.12. The van der Waals surface area contributed by atoms with E-state index in [9.17, 15) is 9.59 Å². The van der Waals surface area contributed by atoms with Crippen molar-refractivity contribution in [3.63, 3.8) is 0 Å². The monoisotopic (exact) mass is 376 g/mol. The fraction of sp³-hybridized carbons (Fsp3) is 0.227. The van der Waals surface area contributed by atoms with E-state index in [-0.39, 0.29) is 18.4 Å². The van der Waals surface area contributed by atoms with E-state index in [0.717, 1.165) is 17.7 Å². The number of benzene rings is 2. The van der Waals surface area contributed by atoms with Gasteiger partial charge in [0.2, 0.25) is 11.8 Å². The molecule has 2 aromatic carbocycles. The number of aromatic nitrogens is 2. The molecule has 144 valence electrons. The van der Waals surface area contributed by atoms with Crippen molar-refractivity contribution in [3.8, 4) is 5.69 Å². The summed E-state index contributed by atoms with van der Waals surface area (Å²) in [4.78, 5) is 24.0. The molecule has 0 aliphatic carbocycles. The Morgan fingerprint density at radius 1 is 0.964 bits per heavy atom. The van der Waals surface area contributed by atoms with Gasteiger partial charge in [0.05, 0.1) is 12.2 Å². The van der Waals surface area contributed by atoms with Crippen LogP contribution in [0, 0.1) is 0 Å². The molecule has 1 aromatic heterocycles. The molecule has 0 radical (unpaired) electrons. The van der Waals surface area contributed by atoms with Crippen molar-refractivity contribution in [1.82, 2.24) is 15.1 Å². The normalized spacial score (nSPS) is 10.5. The highest BCUT2D eigenvalue weighted by Crippen LogP contribution is 2.12. The first-order valence-electron chi connectivity index (χ1n) is 9.38. The molecule has 0 saturated carbocycles. The smallest absolute Gasteiger partial charge is 0.243 e. The first-order chi connectivity index (χ1) is 13.6. The molecule has 0 spiro atoms. The van der Waals surface area contributed by atoms with E-state index >= 15 is 0 Å². The number of rotatable bonds is 8. The second-order valence-corrected chi connectivity index (χ2v) is 6.49. The largest absolute Gasteiger partial charge is 0.347 e. The van der Waals surface area contributed by atoms with Gasteiger partial charge in [0.15, 0.2) is 0 Å². The number of hydrogen-bond acceptors (Lipinski definition) is 3. The van der Waals surface area contributed by atoms with E-state index < -0.39 is 0 Å². The van der Waals surface area contributed by atoms with Gasteiger partial charge >= 0.3 is 0 Å². The van der Waals surface area contributed by atoms with E-state index in [2.05, 4.69) is 34.8 Å². The number of carbonyl (C=O) groups is 2. The van der Waals surface area contributed by atoms with Crippen molar-refractivity contribution in [3.05, 3.63) is 78.1 Å². The summed E-state index contributed by atoms with van der Waals surface area (Å²) in [5.74, 6) is -0.392. The fourth-order valence-corrected chi connectivity index (χ4v) is 2.79. The van der Waals surface area contributed by atoms with E-state index in [1.165, 1.54) is 5.56 Å². The lowest BCUT2D eigenvalue weighted by atomic mass is 10.1. The molecule has 1 heterocycles. The number of aryl methyl sites for hydroxylation is 2. The molecule has 2 amide bonds. The molecule has 6 nitrogen and oxygen atoms in total. The molecule has 0 unspecified atom stereocenters. The van der Waals surface area contributed by atoms with Gasteiger partial charge in [-0.2, -0.15) is 5.10 Å². The van der Waals surface area contributed by atoms with Gasteiger partial charge in [0.1, 0.15) is 0 Å². The average molecular weight is 376 g/mol. The molecule has 28 heavy (non-hydrogen) atoms. The van der Waals surface area contributed by atoms with Gasteiger partial charge in [-0.25, -0.2) is 4.68 Å². The molecule has 0 atom stereocenters. The number of amides is 2. The zero-order chi connectivity index (χ0) is 19.8. The molecule has 0 saturated heterocycles. The summed E-state index contributed by atoms with van der Waals surface area (Å²) in [6, 6.07) is 17.4. The molecule has 0 bridgehead atoms. The van der Waals surface area contributed by atoms with Crippen molar-refractivity contribution in [2.24, 2.45) is 0 Å². The van der Waals surface area contributed by atoms with Crippen LogP contribution in [0.1, 0.15) is 24.5 Å². The van der Waals surface area contributed by atoms with E-state index in [1.807, 2.05) is 36.5 Å². The molecule has 0 fully saturated rings. The van der Waals surface area contributed by atoms with Gasteiger partial charge in [0.25, 0.3) is 0 Å². The summed E-state index contributed by atoms with van der Waals surface area (Å²) in [5.41, 5.74) is 3.98. The first-order valence-corrected chi connectivity index (χ1v) is 9.38. The Balaban J connectivity index is 1.40. The molecule has 0 aliphatic rings. The number of anilines is 1. The van der Waals surface area contributed by atoms with Crippen LogP contribution in [0.3, 0.4) is 0 Å². The molecule has 0 aliphatic heterocycles. The first kappa shape index (κ1) is 19.4. The van der Waals surface area contributed by atoms with Gasteiger partial charge in [-0.1, -0.05) is 31.2 Å². The summed E-state index contributed by atoms with van der Waals surface area (Å²) < 4.78 is 1.74. The van der Waals surface area contributed by atoms with Gasteiger partial charge in [-0.15, -0.1) is 0 Å². The Labute approximate surface area is 164 Å². The number of carbonyl (C=O) groups excluding carboxylic acids is 2. The molecule has 3 rings (SSSR count). The van der Waals surface area contributed by atoms with Crippen LogP contribution in [0.2, 0.25) is 0 Å². The minimum absolute atomic E-state index is 0.0471. The van der Waals surface area contributed by atoms with Crippen molar-refractivity contribution in [1.29, 1.82) is 0 Å². The van der Waals surface area contributed by atoms with Crippen LogP contribution in [-0.2, 0) is 22.4 Å². The van der Waals surface area contributed by atoms with Crippen LogP contribution in [0.15, 0.2) is 67.0 Å². The van der Waals surface area contributed by atoms with Crippen molar-refractivity contribution < 1.29 is 9.59 Å². The Hall–Kier alpha value is -3.41. The zero-order valence-electron chi connectivity index (χ0n) is 15.9. The Morgan fingerprint density at radius 3 is 2.32 bits per heavy atom. The number of nitrogens with one attached hydrogen (secondary N) is 2. The highest BCUT2D eigenvalue weighted by molar-refractivity contribution is 5.94. The van der Waals surface area contributed by atoms with E-state index in [4.69, 9.17) is 0 Å². The maximum absolute atomic E-state index is 12.0. The molecular formula is C22H24N4O2. The van der Waals surface area contributed by atoms with Crippen molar-refractivity contribution >= 4 is 17.5 Å². The Bertz CT molecular complexity index is 901. The third-order valence-corrected chi connectivity index (χ3v) is 4.44. The molecule has 6 heteroatoms. The molecule has 3 aromatic rings. The van der Waals surface area contributed by atoms with Crippen LogP contribution in [0.4, 0.5) is 5.69 Å². The highest BCUT2D eigenvalue weighted by atomic mass is 16.2. The number of hydrogen-bond donors (Lipinski definition) is 2. The third kappa shape index (κ3) is 5.54. The second kappa shape index (κ2) is 9.50. The van der Waals surface area contributed by atoms with Crippen molar-refractivity contribution in [2.75, 3.05) is 11.9 Å². The summed E-state index contributed by atoms with van der Waals surface area (Å²) in [5, 5.41) is 9.59. The standard InChI is InChI=1S/C22H24N4O2/c1-2-17-4-6-18(7-5-17)8-13-21(27)23-16-22(28)25-19-9-11-20(12-10-19)26-15-3-14-24-26/h3-7,9-12,14-15H,2,8,13,16H2,1H3,(H,23,27)(H,25,28). The van der Waals surface area contributed by atoms with Gasteiger partial charge < -0.3 is 10.6 Å². The maximum Gasteiger partial charge on any atom is 0.243 e. The lowest BCUT2D eigenvalue weighted by Crippen LogP contribution is -2.32. The zero-order valence-corrected chi connectivity index (χ0v) is 15.9. The minimum atomic E-state index is -0.257. The van der Waals surface area contributed by atoms with Crippen molar-refractivity contribution in [2.45, 2.75) is 26.2 Å². The molecular weight excluding hydrogens is 352 g/mol. The summed E-state index contributed by atoms with van der Waals surface area (Å²) in [7, 11) is 0.